The Morgan fingerprint density at radius 3 is 1.31 bits per heavy atom. The Kier molecular flexibility index (Phi) is 30.1. The number of carbonyl (C=O) groups is 2. The standard InChI is InChI=1S/C16H23N.2C12H24O2/c1-3-5-9-13-14-10-7-8-12-16(14)17-15(13)11-6-4-2;2*1-2-3-4-5-6-7-8-9-10-11-12(13)14/h7-8,10,12,17H,3-6,9,11H2,1-2H3;2*2-11H2,1H3,(H,13,14). The maximum Gasteiger partial charge on any atom is 0.303 e. The van der Waals surface area contributed by atoms with Gasteiger partial charge in [0.1, 0.15) is 0 Å². The van der Waals surface area contributed by atoms with Crippen molar-refractivity contribution in [1.29, 1.82) is 0 Å². The van der Waals surface area contributed by atoms with Gasteiger partial charge >= 0.3 is 11.9 Å². The minimum absolute atomic E-state index is 0.343. The molecule has 0 amide bonds. The predicted molar refractivity (Wildman–Crippen MR) is 194 cm³/mol. The van der Waals surface area contributed by atoms with Crippen molar-refractivity contribution in [2.75, 3.05) is 0 Å². The monoisotopic (exact) mass is 630 g/mol. The van der Waals surface area contributed by atoms with Gasteiger partial charge in [0, 0.05) is 29.4 Å². The molecule has 0 radical (unpaired) electrons. The van der Waals surface area contributed by atoms with Crippen LogP contribution in [0.3, 0.4) is 0 Å². The fraction of sp³-hybridized carbons (Fsp3) is 0.750. The number of aliphatic carboxylic acids is 2. The second kappa shape index (κ2) is 31.7. The molecule has 0 bridgehead atoms. The van der Waals surface area contributed by atoms with Gasteiger partial charge in [0.25, 0.3) is 0 Å². The molecule has 0 aliphatic carbocycles. The van der Waals surface area contributed by atoms with Crippen LogP contribution in [0, 0.1) is 0 Å². The zero-order valence-electron chi connectivity index (χ0n) is 29.9. The second-order valence-corrected chi connectivity index (χ2v) is 12.8. The fourth-order valence-electron chi connectivity index (χ4n) is 5.64. The molecule has 1 heterocycles. The van der Waals surface area contributed by atoms with Gasteiger partial charge in [-0.2, -0.15) is 0 Å². The van der Waals surface area contributed by atoms with E-state index in [4.69, 9.17) is 10.2 Å². The summed E-state index contributed by atoms with van der Waals surface area (Å²) in [7, 11) is 0. The van der Waals surface area contributed by atoms with E-state index >= 15 is 0 Å². The van der Waals surface area contributed by atoms with Crippen molar-refractivity contribution in [2.24, 2.45) is 0 Å². The van der Waals surface area contributed by atoms with Crippen LogP contribution in [0.2, 0.25) is 0 Å². The zero-order valence-corrected chi connectivity index (χ0v) is 29.9. The molecular weight excluding hydrogens is 558 g/mol. The van der Waals surface area contributed by atoms with Crippen LogP contribution >= 0.6 is 0 Å². The number of nitrogens with one attached hydrogen (secondary N) is 1. The van der Waals surface area contributed by atoms with Crippen molar-refractivity contribution >= 4 is 22.8 Å². The van der Waals surface area contributed by atoms with E-state index in [0.29, 0.717) is 12.8 Å². The van der Waals surface area contributed by atoms with E-state index < -0.39 is 11.9 Å². The van der Waals surface area contributed by atoms with Crippen LogP contribution in [-0.2, 0) is 22.4 Å². The van der Waals surface area contributed by atoms with Crippen molar-refractivity contribution in [1.82, 2.24) is 4.98 Å². The molecule has 0 saturated heterocycles. The van der Waals surface area contributed by atoms with Crippen molar-refractivity contribution < 1.29 is 19.8 Å². The van der Waals surface area contributed by atoms with Gasteiger partial charge in [-0.3, -0.25) is 9.59 Å². The number of aryl methyl sites for hydroxylation is 2. The summed E-state index contributed by atoms with van der Waals surface area (Å²) < 4.78 is 0. The number of carboxylic acid groups (broad SMARTS) is 2. The lowest BCUT2D eigenvalue weighted by Gasteiger charge is -2.03. The topological polar surface area (TPSA) is 90.4 Å². The Labute approximate surface area is 277 Å². The molecule has 3 N–H and O–H groups in total. The highest BCUT2D eigenvalue weighted by atomic mass is 16.4. The second-order valence-electron chi connectivity index (χ2n) is 12.8. The van der Waals surface area contributed by atoms with Crippen LogP contribution in [0.15, 0.2) is 24.3 Å². The van der Waals surface area contributed by atoms with Gasteiger partial charge in [-0.05, 0) is 50.2 Å². The lowest BCUT2D eigenvalue weighted by molar-refractivity contribution is -0.138. The van der Waals surface area contributed by atoms with Crippen LogP contribution in [0.25, 0.3) is 10.9 Å². The van der Waals surface area contributed by atoms with E-state index in [9.17, 15) is 9.59 Å². The van der Waals surface area contributed by atoms with Crippen LogP contribution in [0.1, 0.15) is 193 Å². The Balaban J connectivity index is 0.000000652. The lowest BCUT2D eigenvalue weighted by atomic mass is 10.0. The van der Waals surface area contributed by atoms with Crippen molar-refractivity contribution in [3.05, 3.63) is 35.5 Å². The lowest BCUT2D eigenvalue weighted by Crippen LogP contribution is -1.93. The smallest absolute Gasteiger partial charge is 0.303 e. The number of para-hydroxylation sites is 1. The Bertz CT molecular complexity index is 919. The van der Waals surface area contributed by atoms with Crippen molar-refractivity contribution in [3.8, 4) is 0 Å². The van der Waals surface area contributed by atoms with Crippen LogP contribution in [0.5, 0.6) is 0 Å². The van der Waals surface area contributed by atoms with E-state index in [1.807, 2.05) is 0 Å². The normalized spacial score (nSPS) is 10.7. The third-order valence-corrected chi connectivity index (χ3v) is 8.45. The number of hydrogen-bond acceptors (Lipinski definition) is 2. The quantitative estimate of drug-likeness (QED) is 0.0903. The molecule has 5 nitrogen and oxygen atoms in total. The van der Waals surface area contributed by atoms with Gasteiger partial charge in [0.15, 0.2) is 0 Å². The van der Waals surface area contributed by atoms with Gasteiger partial charge < -0.3 is 15.2 Å². The molecule has 260 valence electrons. The highest BCUT2D eigenvalue weighted by molar-refractivity contribution is 5.84. The molecule has 0 fully saturated rings. The highest BCUT2D eigenvalue weighted by Crippen LogP contribution is 2.25. The fourth-order valence-corrected chi connectivity index (χ4v) is 5.64. The first-order valence-electron chi connectivity index (χ1n) is 18.9. The number of aromatic amines is 1. The van der Waals surface area contributed by atoms with Gasteiger partial charge in [0.2, 0.25) is 0 Å². The van der Waals surface area contributed by atoms with Gasteiger partial charge in [-0.1, -0.05) is 161 Å². The average Bonchev–Trinajstić information content (AvgIpc) is 3.38. The minimum Gasteiger partial charge on any atom is -0.481 e. The number of H-pyrrole nitrogens is 1. The number of unbranched alkanes of at least 4 members (excludes halogenated alkanes) is 18. The SMILES string of the molecule is CCCCCCCCCCCC(=O)O.CCCCCCCCCCCC(=O)O.CCCCc1[nH]c2ccccc2c1CCCC. The molecule has 0 unspecified atom stereocenters. The number of carboxylic acids is 2. The first kappa shape index (κ1) is 42.7. The number of hydrogen-bond donors (Lipinski definition) is 3. The molecule has 0 saturated carbocycles. The van der Waals surface area contributed by atoms with E-state index in [-0.39, 0.29) is 0 Å². The van der Waals surface area contributed by atoms with E-state index in [2.05, 4.69) is 56.9 Å². The molecule has 0 aliphatic rings. The molecule has 2 rings (SSSR count). The summed E-state index contributed by atoms with van der Waals surface area (Å²) in [5, 5.41) is 18.3. The third-order valence-electron chi connectivity index (χ3n) is 8.45. The third kappa shape index (κ3) is 25.6. The summed E-state index contributed by atoms with van der Waals surface area (Å²) in [6.45, 7) is 8.98. The van der Waals surface area contributed by atoms with Crippen molar-refractivity contribution in [2.45, 2.75) is 195 Å². The summed E-state index contributed by atoms with van der Waals surface area (Å²) in [4.78, 5) is 24.0. The average molecular weight is 630 g/mol. The molecule has 1 aromatic heterocycles. The molecule has 2 aromatic rings. The zero-order chi connectivity index (χ0) is 33.4. The Hall–Kier alpha value is -2.30. The molecule has 0 aliphatic heterocycles. The maximum atomic E-state index is 10.2. The Morgan fingerprint density at radius 2 is 0.889 bits per heavy atom. The van der Waals surface area contributed by atoms with Crippen LogP contribution in [0.4, 0.5) is 0 Å². The van der Waals surface area contributed by atoms with Gasteiger partial charge in [-0.25, -0.2) is 0 Å². The molecule has 0 atom stereocenters. The molecule has 1 aromatic carbocycles. The molecule has 45 heavy (non-hydrogen) atoms. The van der Waals surface area contributed by atoms with E-state index in [0.717, 1.165) is 25.7 Å². The summed E-state index contributed by atoms with van der Waals surface area (Å²) in [6.07, 6.45) is 30.5. The van der Waals surface area contributed by atoms with Crippen molar-refractivity contribution in [3.63, 3.8) is 0 Å². The molecular formula is C40H71NO4. The molecule has 5 heteroatoms. The number of aromatic nitrogens is 1. The first-order valence-corrected chi connectivity index (χ1v) is 18.9. The van der Waals surface area contributed by atoms with Crippen LogP contribution < -0.4 is 0 Å². The van der Waals surface area contributed by atoms with Gasteiger partial charge in [-0.15, -0.1) is 0 Å². The number of fused-ring (bicyclic) bond motifs is 1. The molecule has 0 spiro atoms. The van der Waals surface area contributed by atoms with E-state index in [1.54, 1.807) is 5.56 Å². The van der Waals surface area contributed by atoms with E-state index in [1.165, 1.54) is 145 Å². The van der Waals surface area contributed by atoms with Crippen LogP contribution in [-0.4, -0.2) is 27.1 Å². The summed E-state index contributed by atoms with van der Waals surface area (Å²) in [5.74, 6) is -1.32. The predicted octanol–water partition coefficient (Wildman–Crippen LogP) is 12.8. The summed E-state index contributed by atoms with van der Waals surface area (Å²) in [6, 6.07) is 8.72. The first-order chi connectivity index (χ1) is 21.9. The Morgan fingerprint density at radius 1 is 0.511 bits per heavy atom. The summed E-state index contributed by atoms with van der Waals surface area (Å²) in [5.41, 5.74) is 4.35. The maximum absolute atomic E-state index is 10.2. The largest absolute Gasteiger partial charge is 0.481 e. The highest BCUT2D eigenvalue weighted by Gasteiger charge is 2.09. The van der Waals surface area contributed by atoms with Gasteiger partial charge in [0.05, 0.1) is 0 Å². The summed E-state index contributed by atoms with van der Waals surface area (Å²) >= 11 is 0. The number of rotatable bonds is 26. The number of benzene rings is 1. The minimum atomic E-state index is -0.659.